The lowest BCUT2D eigenvalue weighted by Crippen LogP contribution is -2.06. The third-order valence-corrected chi connectivity index (χ3v) is 4.28. The van der Waals surface area contributed by atoms with Crippen molar-refractivity contribution in [2.24, 2.45) is 0 Å². The van der Waals surface area contributed by atoms with Gasteiger partial charge in [0, 0.05) is 17.2 Å². The molecule has 0 radical (unpaired) electrons. The maximum absolute atomic E-state index is 11.3. The quantitative estimate of drug-likeness (QED) is 0.804. The summed E-state index contributed by atoms with van der Waals surface area (Å²) >= 11 is 1.38. The number of nitrogens with zero attached hydrogens (tertiary/aromatic N) is 4. The molecule has 9 heteroatoms. The van der Waals surface area contributed by atoms with Gasteiger partial charge in [0.25, 0.3) is 14.2 Å². The molecular formula is C8H9ClN4O2S2. The van der Waals surface area contributed by atoms with Crippen LogP contribution in [0.5, 0.6) is 0 Å². The van der Waals surface area contributed by atoms with Gasteiger partial charge in [-0.3, -0.25) is 4.57 Å². The van der Waals surface area contributed by atoms with Gasteiger partial charge in [-0.15, -0.1) is 21.5 Å². The number of halogens is 1. The van der Waals surface area contributed by atoms with Crippen LogP contribution in [-0.2, 0) is 15.6 Å². The number of aryl methyl sites for hydroxylation is 1. The van der Waals surface area contributed by atoms with Crippen LogP contribution < -0.4 is 0 Å². The SMILES string of the molecule is CCn1c(-c2scnc2C)nnc1S(=O)(=O)Cl. The first-order valence-corrected chi connectivity index (χ1v) is 7.92. The highest BCUT2D eigenvalue weighted by Gasteiger charge is 2.23. The zero-order valence-electron chi connectivity index (χ0n) is 9.08. The molecule has 0 fully saturated rings. The van der Waals surface area contributed by atoms with E-state index in [1.54, 1.807) is 12.4 Å². The van der Waals surface area contributed by atoms with Crippen molar-refractivity contribution < 1.29 is 8.42 Å². The van der Waals surface area contributed by atoms with Gasteiger partial charge in [-0.05, 0) is 13.8 Å². The van der Waals surface area contributed by atoms with Crippen LogP contribution in [0.1, 0.15) is 12.6 Å². The molecule has 6 nitrogen and oxygen atoms in total. The summed E-state index contributed by atoms with van der Waals surface area (Å²) in [5.74, 6) is 0.478. The molecule has 0 bridgehead atoms. The largest absolute Gasteiger partial charge is 0.296 e. The summed E-state index contributed by atoms with van der Waals surface area (Å²) < 4.78 is 24.1. The van der Waals surface area contributed by atoms with Gasteiger partial charge in [0.1, 0.15) is 0 Å². The first-order valence-electron chi connectivity index (χ1n) is 4.73. The standard InChI is InChI=1S/C8H9ClN4O2S2/c1-3-13-7(6-5(2)10-4-16-6)11-12-8(13)17(9,14)15/h4H,3H2,1-2H3. The second kappa shape index (κ2) is 4.35. The van der Waals surface area contributed by atoms with Gasteiger partial charge in [0.05, 0.1) is 16.1 Å². The molecule has 0 saturated carbocycles. The lowest BCUT2D eigenvalue weighted by molar-refractivity contribution is 0.583. The Labute approximate surface area is 107 Å². The molecule has 17 heavy (non-hydrogen) atoms. The summed E-state index contributed by atoms with van der Waals surface area (Å²) in [4.78, 5) is 4.89. The minimum absolute atomic E-state index is 0.232. The first kappa shape index (κ1) is 12.5. The molecule has 2 heterocycles. The molecule has 2 rings (SSSR count). The van der Waals surface area contributed by atoms with E-state index in [2.05, 4.69) is 15.2 Å². The predicted molar refractivity (Wildman–Crippen MR) is 64.6 cm³/mol. The molecule has 0 saturated heterocycles. The van der Waals surface area contributed by atoms with Gasteiger partial charge in [0.2, 0.25) is 0 Å². The molecule has 0 aliphatic carbocycles. The van der Waals surface area contributed by atoms with Gasteiger partial charge in [-0.2, -0.15) is 0 Å². The minimum Gasteiger partial charge on any atom is -0.296 e. The molecule has 2 aromatic rings. The van der Waals surface area contributed by atoms with E-state index in [-0.39, 0.29) is 5.16 Å². The monoisotopic (exact) mass is 292 g/mol. The zero-order valence-corrected chi connectivity index (χ0v) is 11.5. The number of hydrogen-bond donors (Lipinski definition) is 0. The Morgan fingerprint density at radius 2 is 2.18 bits per heavy atom. The molecule has 2 aromatic heterocycles. The summed E-state index contributed by atoms with van der Waals surface area (Å²) in [7, 11) is 1.41. The molecule has 0 N–H and O–H groups in total. The van der Waals surface area contributed by atoms with Gasteiger partial charge in [-0.25, -0.2) is 13.4 Å². The minimum atomic E-state index is -3.88. The number of rotatable bonds is 3. The highest BCUT2D eigenvalue weighted by molar-refractivity contribution is 8.13. The number of hydrogen-bond acceptors (Lipinski definition) is 6. The topological polar surface area (TPSA) is 77.7 Å². The number of thiazole rings is 1. The lowest BCUT2D eigenvalue weighted by Gasteiger charge is -2.03. The fraction of sp³-hybridized carbons (Fsp3) is 0.375. The smallest absolute Gasteiger partial charge is 0.296 e. The fourth-order valence-electron chi connectivity index (χ4n) is 1.44. The van der Waals surface area contributed by atoms with Crippen LogP contribution in [0.25, 0.3) is 10.7 Å². The molecule has 0 spiro atoms. The zero-order chi connectivity index (χ0) is 12.6. The molecule has 0 amide bonds. The Kier molecular flexibility index (Phi) is 3.19. The summed E-state index contributed by atoms with van der Waals surface area (Å²) in [5, 5.41) is 7.27. The maximum atomic E-state index is 11.3. The number of aromatic nitrogens is 4. The molecule has 0 atom stereocenters. The van der Waals surface area contributed by atoms with Crippen molar-refractivity contribution in [3.8, 4) is 10.7 Å². The summed E-state index contributed by atoms with van der Waals surface area (Å²) in [6, 6.07) is 0. The molecule has 0 aliphatic heterocycles. The van der Waals surface area contributed by atoms with Crippen molar-refractivity contribution in [2.75, 3.05) is 0 Å². The average Bonchev–Trinajstić information content (AvgIpc) is 2.81. The predicted octanol–water partition coefficient (Wildman–Crippen LogP) is 1.66. The lowest BCUT2D eigenvalue weighted by atomic mass is 10.4. The van der Waals surface area contributed by atoms with Crippen LogP contribution >= 0.6 is 22.0 Å². The van der Waals surface area contributed by atoms with E-state index >= 15 is 0 Å². The first-order chi connectivity index (χ1) is 7.95. The van der Waals surface area contributed by atoms with E-state index < -0.39 is 9.05 Å². The van der Waals surface area contributed by atoms with E-state index in [1.165, 1.54) is 15.9 Å². The third-order valence-electron chi connectivity index (χ3n) is 2.20. The van der Waals surface area contributed by atoms with Crippen LogP contribution in [0.3, 0.4) is 0 Å². The van der Waals surface area contributed by atoms with Crippen LogP contribution in [0.4, 0.5) is 0 Å². The van der Waals surface area contributed by atoms with Crippen LogP contribution in [0, 0.1) is 6.92 Å². The van der Waals surface area contributed by atoms with E-state index in [4.69, 9.17) is 10.7 Å². The Balaban J connectivity index is 2.66. The van der Waals surface area contributed by atoms with Gasteiger partial charge in [0.15, 0.2) is 5.82 Å². The van der Waals surface area contributed by atoms with Crippen molar-refractivity contribution in [1.82, 2.24) is 19.7 Å². The second-order valence-electron chi connectivity index (χ2n) is 3.26. The van der Waals surface area contributed by atoms with E-state index in [1.807, 2.05) is 6.92 Å². The average molecular weight is 293 g/mol. The van der Waals surface area contributed by atoms with E-state index in [0.717, 1.165) is 10.6 Å². The molecule has 0 aliphatic rings. The van der Waals surface area contributed by atoms with Crippen LogP contribution in [0.2, 0.25) is 0 Å². The molecular weight excluding hydrogens is 284 g/mol. The van der Waals surface area contributed by atoms with Gasteiger partial charge >= 0.3 is 0 Å². The van der Waals surface area contributed by atoms with Crippen molar-refractivity contribution >= 4 is 31.1 Å². The molecule has 0 aromatic carbocycles. The maximum Gasteiger partial charge on any atom is 0.296 e. The van der Waals surface area contributed by atoms with Crippen LogP contribution in [0.15, 0.2) is 10.7 Å². The van der Waals surface area contributed by atoms with Crippen molar-refractivity contribution in [1.29, 1.82) is 0 Å². The highest BCUT2D eigenvalue weighted by Crippen LogP contribution is 2.27. The summed E-state index contributed by atoms with van der Waals surface area (Å²) in [5.41, 5.74) is 2.46. The normalized spacial score (nSPS) is 11.9. The van der Waals surface area contributed by atoms with Crippen molar-refractivity contribution in [2.45, 2.75) is 25.5 Å². The van der Waals surface area contributed by atoms with Crippen LogP contribution in [-0.4, -0.2) is 28.2 Å². The van der Waals surface area contributed by atoms with Crippen molar-refractivity contribution in [3.05, 3.63) is 11.2 Å². The second-order valence-corrected chi connectivity index (χ2v) is 6.57. The summed E-state index contributed by atoms with van der Waals surface area (Å²) in [6.45, 7) is 4.05. The Bertz CT molecular complexity index is 646. The Hall–Kier alpha value is -0.990. The van der Waals surface area contributed by atoms with E-state index in [9.17, 15) is 8.42 Å². The molecule has 0 unspecified atom stereocenters. The third kappa shape index (κ3) is 2.20. The van der Waals surface area contributed by atoms with Gasteiger partial charge < -0.3 is 0 Å². The molecule has 92 valence electrons. The Morgan fingerprint density at radius 3 is 2.65 bits per heavy atom. The summed E-state index contributed by atoms with van der Waals surface area (Å²) in [6.07, 6.45) is 0. The van der Waals surface area contributed by atoms with Gasteiger partial charge in [-0.1, -0.05) is 0 Å². The highest BCUT2D eigenvalue weighted by atomic mass is 35.7. The fourth-order valence-corrected chi connectivity index (χ4v) is 3.19. The van der Waals surface area contributed by atoms with Crippen molar-refractivity contribution in [3.63, 3.8) is 0 Å². The van der Waals surface area contributed by atoms with E-state index in [0.29, 0.717) is 12.4 Å². The Morgan fingerprint density at radius 1 is 1.47 bits per heavy atom.